The van der Waals surface area contributed by atoms with Crippen LogP contribution in [0, 0.1) is 12.3 Å². The Morgan fingerprint density at radius 1 is 1.07 bits per heavy atom. The number of rotatable bonds is 8. The van der Waals surface area contributed by atoms with Crippen molar-refractivity contribution in [2.24, 2.45) is 0 Å². The molecule has 1 saturated heterocycles. The highest BCUT2D eigenvalue weighted by Gasteiger charge is 2.38. The summed E-state index contributed by atoms with van der Waals surface area (Å²) < 4.78 is 11.2. The molecule has 0 saturated carbocycles. The molecule has 1 aliphatic heterocycles. The molecule has 0 aromatic heterocycles. The first-order valence-electron chi connectivity index (χ1n) is 8.76. The van der Waals surface area contributed by atoms with Crippen molar-refractivity contribution in [1.82, 2.24) is 10.2 Å². The molecule has 0 aliphatic carbocycles. The van der Waals surface area contributed by atoms with Crippen molar-refractivity contribution in [3.8, 4) is 29.6 Å². The van der Waals surface area contributed by atoms with Gasteiger partial charge < -0.3 is 19.9 Å². The van der Waals surface area contributed by atoms with E-state index >= 15 is 0 Å². The zero-order valence-corrected chi connectivity index (χ0v) is 15.1. The van der Waals surface area contributed by atoms with Crippen molar-refractivity contribution in [2.75, 3.05) is 13.2 Å². The number of aliphatic hydroxyl groups excluding tert-OH is 1. The maximum absolute atomic E-state index is 12.1. The number of nitrogens with one attached hydrogen (secondary N) is 1. The Hall–Kier alpha value is -3.50. The summed E-state index contributed by atoms with van der Waals surface area (Å²) in [7, 11) is 0. The Labute approximate surface area is 162 Å². The van der Waals surface area contributed by atoms with Gasteiger partial charge in [0.05, 0.1) is 6.54 Å². The Kier molecular flexibility index (Phi) is 6.14. The standard InChI is InChI=1S/C21H20N2O5/c1-2-6-19-20(25)23(21(26)22-19)13-15(24)14-27-16-9-11-18(12-10-16)28-17-7-4-3-5-8-17/h1,3-5,7-12,15,19,24H,6,13-14H2,(H,22,26)/t15-,19+/m1/s1. The number of ether oxygens (including phenoxy) is 2. The van der Waals surface area contributed by atoms with Gasteiger partial charge in [-0.1, -0.05) is 18.2 Å². The fraction of sp³-hybridized carbons (Fsp3) is 0.238. The number of hydrogen-bond acceptors (Lipinski definition) is 5. The number of imide groups is 1. The van der Waals surface area contributed by atoms with Crippen LogP contribution >= 0.6 is 0 Å². The number of carbonyl (C=O) groups is 2. The first-order valence-corrected chi connectivity index (χ1v) is 8.76. The lowest BCUT2D eigenvalue weighted by atomic mass is 10.2. The second-order valence-corrected chi connectivity index (χ2v) is 6.21. The van der Waals surface area contributed by atoms with Crippen molar-refractivity contribution in [3.05, 3.63) is 54.6 Å². The highest BCUT2D eigenvalue weighted by atomic mass is 16.5. The smallest absolute Gasteiger partial charge is 0.324 e. The van der Waals surface area contributed by atoms with Gasteiger partial charge in [-0.2, -0.15) is 0 Å². The lowest BCUT2D eigenvalue weighted by Crippen LogP contribution is -2.40. The minimum Gasteiger partial charge on any atom is -0.491 e. The van der Waals surface area contributed by atoms with Gasteiger partial charge >= 0.3 is 6.03 Å². The molecule has 0 bridgehead atoms. The van der Waals surface area contributed by atoms with Crippen LogP contribution in [0.25, 0.3) is 0 Å². The molecular formula is C21H20N2O5. The second kappa shape index (κ2) is 8.93. The summed E-state index contributed by atoms with van der Waals surface area (Å²) in [6.07, 6.45) is 4.27. The van der Waals surface area contributed by atoms with Crippen LogP contribution in [0.5, 0.6) is 17.2 Å². The minimum atomic E-state index is -1.03. The molecule has 144 valence electrons. The van der Waals surface area contributed by atoms with E-state index in [-0.39, 0.29) is 19.6 Å². The van der Waals surface area contributed by atoms with E-state index in [1.165, 1.54) is 0 Å². The molecule has 2 N–H and O–H groups in total. The van der Waals surface area contributed by atoms with Gasteiger partial charge in [-0.15, -0.1) is 12.3 Å². The van der Waals surface area contributed by atoms with Gasteiger partial charge in [0.1, 0.15) is 36.0 Å². The van der Waals surface area contributed by atoms with Crippen molar-refractivity contribution in [1.29, 1.82) is 0 Å². The molecule has 0 spiro atoms. The lowest BCUT2D eigenvalue weighted by molar-refractivity contribution is -0.128. The Bertz CT molecular complexity index is 861. The Morgan fingerprint density at radius 3 is 2.39 bits per heavy atom. The van der Waals surface area contributed by atoms with E-state index in [0.717, 1.165) is 10.6 Å². The maximum Gasteiger partial charge on any atom is 0.324 e. The lowest BCUT2D eigenvalue weighted by Gasteiger charge is -2.18. The first kappa shape index (κ1) is 19.3. The van der Waals surface area contributed by atoms with Crippen molar-refractivity contribution in [2.45, 2.75) is 18.6 Å². The van der Waals surface area contributed by atoms with Gasteiger partial charge in [0.15, 0.2) is 0 Å². The molecule has 0 unspecified atom stereocenters. The average Bonchev–Trinajstić information content (AvgIpc) is 2.96. The second-order valence-electron chi connectivity index (χ2n) is 6.21. The summed E-state index contributed by atoms with van der Waals surface area (Å²) in [5.41, 5.74) is 0. The van der Waals surface area contributed by atoms with Crippen LogP contribution in [-0.2, 0) is 4.79 Å². The zero-order valence-electron chi connectivity index (χ0n) is 15.1. The van der Waals surface area contributed by atoms with E-state index in [0.29, 0.717) is 11.5 Å². The predicted octanol–water partition coefficient (Wildman–Crippen LogP) is 2.16. The highest BCUT2D eigenvalue weighted by Crippen LogP contribution is 2.23. The molecule has 3 rings (SSSR count). The Morgan fingerprint density at radius 2 is 1.71 bits per heavy atom. The highest BCUT2D eigenvalue weighted by molar-refractivity contribution is 6.04. The predicted molar refractivity (Wildman–Crippen MR) is 102 cm³/mol. The van der Waals surface area contributed by atoms with Crippen LogP contribution in [-0.4, -0.2) is 47.2 Å². The van der Waals surface area contributed by atoms with Crippen molar-refractivity contribution in [3.63, 3.8) is 0 Å². The molecule has 7 heteroatoms. The molecule has 28 heavy (non-hydrogen) atoms. The molecule has 0 radical (unpaired) electrons. The van der Waals surface area contributed by atoms with Crippen LogP contribution in [0.4, 0.5) is 4.79 Å². The normalized spacial score (nSPS) is 17.0. The van der Waals surface area contributed by atoms with Crippen LogP contribution in [0.2, 0.25) is 0 Å². The van der Waals surface area contributed by atoms with Crippen LogP contribution < -0.4 is 14.8 Å². The fourth-order valence-corrected chi connectivity index (χ4v) is 2.69. The van der Waals surface area contributed by atoms with Crippen LogP contribution in [0.1, 0.15) is 6.42 Å². The number of carbonyl (C=O) groups excluding carboxylic acids is 2. The third-order valence-electron chi connectivity index (χ3n) is 4.07. The fourth-order valence-electron chi connectivity index (χ4n) is 2.69. The van der Waals surface area contributed by atoms with Crippen molar-refractivity contribution < 1.29 is 24.2 Å². The van der Waals surface area contributed by atoms with Crippen LogP contribution in [0.15, 0.2) is 54.6 Å². The Balaban J connectivity index is 1.48. The molecule has 1 fully saturated rings. The molecule has 1 aliphatic rings. The summed E-state index contributed by atoms with van der Waals surface area (Å²) in [5, 5.41) is 12.6. The molecule has 1 heterocycles. The first-order chi connectivity index (χ1) is 13.6. The molecular weight excluding hydrogens is 360 g/mol. The van der Waals surface area contributed by atoms with E-state index in [1.807, 2.05) is 30.3 Å². The minimum absolute atomic E-state index is 0.0737. The number of amides is 3. The van der Waals surface area contributed by atoms with E-state index in [9.17, 15) is 14.7 Å². The number of β-amino-alcohol motifs (C(OH)–C–C–N with tert-alkyl or cyclic N) is 1. The topological polar surface area (TPSA) is 88.1 Å². The maximum atomic E-state index is 12.1. The molecule has 7 nitrogen and oxygen atoms in total. The summed E-state index contributed by atoms with van der Waals surface area (Å²) in [6.45, 7) is -0.239. The summed E-state index contributed by atoms with van der Waals surface area (Å²) in [6, 6.07) is 15.0. The van der Waals surface area contributed by atoms with E-state index in [2.05, 4.69) is 11.2 Å². The average molecular weight is 380 g/mol. The number of aliphatic hydroxyl groups is 1. The molecule has 3 amide bonds. The van der Waals surface area contributed by atoms with E-state index in [1.54, 1.807) is 24.3 Å². The monoisotopic (exact) mass is 380 g/mol. The largest absolute Gasteiger partial charge is 0.491 e. The van der Waals surface area contributed by atoms with Gasteiger partial charge in [-0.05, 0) is 36.4 Å². The summed E-state index contributed by atoms with van der Waals surface area (Å²) in [5.74, 6) is 3.81. The number of nitrogens with zero attached hydrogens (tertiary/aromatic N) is 1. The third kappa shape index (κ3) is 4.81. The number of hydrogen-bond donors (Lipinski definition) is 2. The number of benzene rings is 2. The quantitative estimate of drug-likeness (QED) is 0.541. The SMILES string of the molecule is C#CC[C@@H]1NC(=O)N(C[C@@H](O)COc2ccc(Oc3ccccc3)cc2)C1=O. The molecule has 2 aromatic carbocycles. The van der Waals surface area contributed by atoms with Gasteiger partial charge in [0.25, 0.3) is 5.91 Å². The number of terminal acetylenes is 1. The van der Waals surface area contributed by atoms with Gasteiger partial charge in [-0.25, -0.2) is 4.79 Å². The summed E-state index contributed by atoms with van der Waals surface area (Å²) in [4.78, 5) is 24.9. The summed E-state index contributed by atoms with van der Waals surface area (Å²) >= 11 is 0. The molecule has 2 atom stereocenters. The van der Waals surface area contributed by atoms with Gasteiger partial charge in [0.2, 0.25) is 0 Å². The van der Waals surface area contributed by atoms with E-state index < -0.39 is 24.1 Å². The third-order valence-corrected chi connectivity index (χ3v) is 4.07. The van der Waals surface area contributed by atoms with Crippen molar-refractivity contribution >= 4 is 11.9 Å². The van der Waals surface area contributed by atoms with Crippen LogP contribution in [0.3, 0.4) is 0 Å². The zero-order chi connectivity index (χ0) is 19.9. The van der Waals surface area contributed by atoms with E-state index in [4.69, 9.17) is 15.9 Å². The van der Waals surface area contributed by atoms with Gasteiger partial charge in [-0.3, -0.25) is 9.69 Å². The number of urea groups is 1. The molecule has 2 aromatic rings. The number of para-hydroxylation sites is 1. The van der Waals surface area contributed by atoms with Gasteiger partial charge in [0, 0.05) is 6.42 Å².